The number of nitrogens with one attached hydrogen (secondary N) is 4. The molecule has 38 heavy (non-hydrogen) atoms. The van der Waals surface area contributed by atoms with Gasteiger partial charge in [-0.25, -0.2) is 21.6 Å². The van der Waals surface area contributed by atoms with E-state index in [2.05, 4.69) is 20.1 Å². The Labute approximate surface area is 222 Å². The first-order valence-corrected chi connectivity index (χ1v) is 14.4. The lowest BCUT2D eigenvalue weighted by Gasteiger charge is -2.12. The summed E-state index contributed by atoms with van der Waals surface area (Å²) in [5.74, 6) is 0. The van der Waals surface area contributed by atoms with Crippen molar-refractivity contribution in [1.29, 1.82) is 0 Å². The van der Waals surface area contributed by atoms with Gasteiger partial charge >= 0.3 is 6.03 Å². The Morgan fingerprint density at radius 1 is 0.526 bits per heavy atom. The second kappa shape index (κ2) is 11.0. The van der Waals surface area contributed by atoms with Gasteiger partial charge in [0.05, 0.1) is 21.2 Å². The van der Waals surface area contributed by atoms with Gasteiger partial charge in [-0.05, 0) is 85.6 Å². The Balaban J connectivity index is 1.42. The first-order valence-electron chi connectivity index (χ1n) is 11.5. The number of benzene rings is 4. The number of rotatable bonds is 8. The van der Waals surface area contributed by atoms with Crippen molar-refractivity contribution < 1.29 is 21.6 Å². The summed E-state index contributed by atoms with van der Waals surface area (Å²) in [5.41, 5.74) is 2.87. The summed E-state index contributed by atoms with van der Waals surface area (Å²) in [5, 5.41) is 5.28. The summed E-state index contributed by atoms with van der Waals surface area (Å²) in [6.07, 6.45) is 0. The number of anilines is 4. The summed E-state index contributed by atoms with van der Waals surface area (Å²) >= 11 is 0. The van der Waals surface area contributed by atoms with Crippen LogP contribution in [0.15, 0.2) is 107 Å². The van der Waals surface area contributed by atoms with E-state index in [9.17, 15) is 21.6 Å². The van der Waals surface area contributed by atoms with E-state index in [-0.39, 0.29) is 21.2 Å². The van der Waals surface area contributed by atoms with Crippen LogP contribution < -0.4 is 20.1 Å². The van der Waals surface area contributed by atoms with Crippen molar-refractivity contribution in [2.24, 2.45) is 0 Å². The molecule has 196 valence electrons. The van der Waals surface area contributed by atoms with E-state index in [0.29, 0.717) is 11.4 Å². The van der Waals surface area contributed by atoms with Crippen molar-refractivity contribution in [3.05, 3.63) is 108 Å². The standard InChI is InChI=1S/C27H26N4O5S2/c1-19-7-3-13-25(15-19)37(33,34)30-23-11-5-9-21(17-23)28-27(32)29-22-10-6-12-24(18-22)31-38(35,36)26-14-4-8-20(2)16-26/h3-18,30-31H,1-2H3,(H2,28,29,32). The molecule has 4 aromatic rings. The molecule has 0 aliphatic carbocycles. The van der Waals surface area contributed by atoms with Crippen molar-refractivity contribution in [3.63, 3.8) is 0 Å². The summed E-state index contributed by atoms with van der Waals surface area (Å²) in [6.45, 7) is 3.61. The summed E-state index contributed by atoms with van der Waals surface area (Å²) in [4.78, 5) is 12.9. The maximum atomic E-state index is 12.7. The molecule has 0 radical (unpaired) electrons. The Morgan fingerprint density at radius 2 is 0.895 bits per heavy atom. The molecule has 0 atom stereocenters. The lowest BCUT2D eigenvalue weighted by atomic mass is 10.2. The van der Waals surface area contributed by atoms with Gasteiger partial charge in [0.25, 0.3) is 20.0 Å². The van der Waals surface area contributed by atoms with Crippen molar-refractivity contribution in [1.82, 2.24) is 0 Å². The van der Waals surface area contributed by atoms with Crippen LogP contribution in [0.4, 0.5) is 27.5 Å². The van der Waals surface area contributed by atoms with Crippen LogP contribution in [-0.4, -0.2) is 22.9 Å². The van der Waals surface area contributed by atoms with E-state index in [1.54, 1.807) is 86.6 Å². The number of carbonyl (C=O) groups is 1. The van der Waals surface area contributed by atoms with Gasteiger partial charge < -0.3 is 10.6 Å². The van der Waals surface area contributed by atoms with Crippen LogP contribution in [-0.2, 0) is 20.0 Å². The second-order valence-corrected chi connectivity index (χ2v) is 11.9. The fourth-order valence-corrected chi connectivity index (χ4v) is 5.92. The third-order valence-corrected chi connectivity index (χ3v) is 8.10. The normalized spacial score (nSPS) is 11.4. The zero-order chi connectivity index (χ0) is 27.3. The number of urea groups is 1. The van der Waals surface area contributed by atoms with Gasteiger partial charge in [-0.3, -0.25) is 9.44 Å². The minimum absolute atomic E-state index is 0.131. The van der Waals surface area contributed by atoms with E-state index >= 15 is 0 Å². The molecule has 9 nitrogen and oxygen atoms in total. The lowest BCUT2D eigenvalue weighted by molar-refractivity contribution is 0.262. The molecular weight excluding hydrogens is 524 g/mol. The molecule has 0 heterocycles. The van der Waals surface area contributed by atoms with Crippen molar-refractivity contribution >= 4 is 48.8 Å². The third kappa shape index (κ3) is 6.90. The number of carbonyl (C=O) groups excluding carboxylic acids is 1. The average Bonchev–Trinajstić information content (AvgIpc) is 2.84. The molecular formula is C27H26N4O5S2. The Morgan fingerprint density at radius 3 is 1.29 bits per heavy atom. The summed E-state index contributed by atoms with van der Waals surface area (Å²) in [7, 11) is -7.61. The summed E-state index contributed by atoms with van der Waals surface area (Å²) < 4.78 is 55.8. The number of amides is 2. The molecule has 11 heteroatoms. The fourth-order valence-electron chi connectivity index (χ4n) is 3.61. The van der Waals surface area contributed by atoms with Crippen LogP contribution in [0.1, 0.15) is 11.1 Å². The van der Waals surface area contributed by atoms with Gasteiger partial charge in [0.2, 0.25) is 0 Å². The largest absolute Gasteiger partial charge is 0.323 e. The number of hydrogen-bond acceptors (Lipinski definition) is 5. The van der Waals surface area contributed by atoms with Gasteiger partial charge in [0, 0.05) is 11.4 Å². The molecule has 0 saturated carbocycles. The number of hydrogen-bond donors (Lipinski definition) is 4. The topological polar surface area (TPSA) is 133 Å². The zero-order valence-electron chi connectivity index (χ0n) is 20.6. The molecule has 0 aliphatic rings. The molecule has 4 aromatic carbocycles. The average molecular weight is 551 g/mol. The smallest absolute Gasteiger partial charge is 0.308 e. The van der Waals surface area contributed by atoms with E-state index in [1.807, 2.05) is 0 Å². The van der Waals surface area contributed by atoms with Crippen LogP contribution in [0.3, 0.4) is 0 Å². The zero-order valence-corrected chi connectivity index (χ0v) is 22.2. The molecule has 0 saturated heterocycles. The predicted octanol–water partition coefficient (Wildman–Crippen LogP) is 5.55. The number of sulfonamides is 2. The van der Waals surface area contributed by atoms with Gasteiger partial charge in [-0.1, -0.05) is 36.4 Å². The van der Waals surface area contributed by atoms with Crippen LogP contribution in [0.25, 0.3) is 0 Å². The first kappa shape index (κ1) is 26.7. The van der Waals surface area contributed by atoms with Gasteiger partial charge in [0.1, 0.15) is 0 Å². The van der Waals surface area contributed by atoms with Crippen molar-refractivity contribution in [3.8, 4) is 0 Å². The Kier molecular flexibility index (Phi) is 7.70. The molecule has 0 fully saturated rings. The third-order valence-electron chi connectivity index (χ3n) is 5.34. The van der Waals surface area contributed by atoms with E-state index in [4.69, 9.17) is 0 Å². The molecule has 0 aromatic heterocycles. The van der Waals surface area contributed by atoms with Crippen LogP contribution >= 0.6 is 0 Å². The Bertz CT molecular complexity index is 1580. The maximum absolute atomic E-state index is 12.7. The highest BCUT2D eigenvalue weighted by Crippen LogP contribution is 2.22. The molecule has 0 aliphatic heterocycles. The fraction of sp³-hybridized carbons (Fsp3) is 0.0741. The van der Waals surface area contributed by atoms with Gasteiger partial charge in [0.15, 0.2) is 0 Å². The van der Waals surface area contributed by atoms with Gasteiger partial charge in [-0.2, -0.15) is 0 Å². The predicted molar refractivity (Wildman–Crippen MR) is 150 cm³/mol. The number of aryl methyl sites for hydroxylation is 2. The SMILES string of the molecule is Cc1cccc(S(=O)(=O)Nc2cccc(NC(=O)Nc3cccc(NS(=O)(=O)c4cccc(C)c4)c3)c2)c1. The van der Waals surface area contributed by atoms with Crippen LogP contribution in [0, 0.1) is 13.8 Å². The van der Waals surface area contributed by atoms with Crippen molar-refractivity contribution in [2.45, 2.75) is 23.6 Å². The molecule has 4 rings (SSSR count). The van der Waals surface area contributed by atoms with E-state index in [0.717, 1.165) is 11.1 Å². The van der Waals surface area contributed by atoms with Crippen LogP contribution in [0.2, 0.25) is 0 Å². The molecule has 0 bridgehead atoms. The highest BCUT2D eigenvalue weighted by molar-refractivity contribution is 7.93. The molecule has 2 amide bonds. The monoisotopic (exact) mass is 550 g/mol. The second-order valence-electron chi connectivity index (χ2n) is 8.58. The maximum Gasteiger partial charge on any atom is 0.323 e. The quantitative estimate of drug-likeness (QED) is 0.228. The molecule has 0 spiro atoms. The minimum Gasteiger partial charge on any atom is -0.308 e. The molecule has 4 N–H and O–H groups in total. The highest BCUT2D eigenvalue weighted by atomic mass is 32.2. The Hall–Kier alpha value is -4.35. The van der Waals surface area contributed by atoms with E-state index < -0.39 is 26.1 Å². The van der Waals surface area contributed by atoms with Crippen molar-refractivity contribution in [2.75, 3.05) is 20.1 Å². The first-order chi connectivity index (χ1) is 18.0. The summed E-state index contributed by atoms with van der Waals surface area (Å²) in [6, 6.07) is 25.0. The minimum atomic E-state index is -3.81. The van der Waals surface area contributed by atoms with Gasteiger partial charge in [-0.15, -0.1) is 0 Å². The van der Waals surface area contributed by atoms with E-state index in [1.165, 1.54) is 24.3 Å². The van der Waals surface area contributed by atoms with Crippen LogP contribution in [0.5, 0.6) is 0 Å². The molecule has 0 unspecified atom stereocenters. The highest BCUT2D eigenvalue weighted by Gasteiger charge is 2.16. The lowest BCUT2D eigenvalue weighted by Crippen LogP contribution is -2.20.